The lowest BCUT2D eigenvalue weighted by molar-refractivity contribution is -0.121. The van der Waals surface area contributed by atoms with Crippen LogP contribution in [0.4, 0.5) is 0 Å². The van der Waals surface area contributed by atoms with E-state index in [0.717, 1.165) is 20.4 Å². The average Bonchev–Trinajstić information content (AvgIpc) is 3.06. The molecule has 0 bridgehead atoms. The van der Waals surface area contributed by atoms with Gasteiger partial charge in [0.15, 0.2) is 0 Å². The summed E-state index contributed by atoms with van der Waals surface area (Å²) in [6.45, 7) is 0.186. The van der Waals surface area contributed by atoms with Crippen LogP contribution >= 0.6 is 27.3 Å². The number of thiophene rings is 1. The number of carbonyl (C=O) groups excluding carboxylic acids is 1. The second-order valence-electron chi connectivity index (χ2n) is 4.32. The number of benzene rings is 1. The number of hydrazone groups is 1. The summed E-state index contributed by atoms with van der Waals surface area (Å²) in [5.74, 6) is -0.190. The van der Waals surface area contributed by atoms with Crippen LogP contribution in [0.2, 0.25) is 0 Å². The van der Waals surface area contributed by atoms with Crippen LogP contribution in [0, 0.1) is 0 Å². The first kappa shape index (κ1) is 14.0. The van der Waals surface area contributed by atoms with Crippen molar-refractivity contribution in [3.8, 4) is 0 Å². The number of hydrogen-bond acceptors (Lipinski definition) is 4. The summed E-state index contributed by atoms with van der Waals surface area (Å²) in [6, 6.07) is 9.62. The first-order valence-corrected chi connectivity index (χ1v) is 7.85. The molecule has 0 fully saturated rings. The van der Waals surface area contributed by atoms with Crippen molar-refractivity contribution in [2.75, 3.05) is 0 Å². The molecule has 0 atom stereocenters. The SMILES string of the molecule is O=C(Cn1cnc2ccccc21)N/N=C\c1cc(Br)cs1. The summed E-state index contributed by atoms with van der Waals surface area (Å²) < 4.78 is 2.80. The van der Waals surface area contributed by atoms with Gasteiger partial charge in [0.1, 0.15) is 6.54 Å². The fourth-order valence-corrected chi connectivity index (χ4v) is 3.19. The summed E-state index contributed by atoms with van der Waals surface area (Å²) in [5, 5.41) is 5.91. The minimum atomic E-state index is -0.190. The molecule has 106 valence electrons. The lowest BCUT2D eigenvalue weighted by Gasteiger charge is -2.02. The minimum Gasteiger partial charge on any atom is -0.321 e. The van der Waals surface area contributed by atoms with Crippen molar-refractivity contribution in [1.82, 2.24) is 15.0 Å². The number of aromatic nitrogens is 2. The number of amides is 1. The third-order valence-electron chi connectivity index (χ3n) is 2.81. The zero-order valence-corrected chi connectivity index (χ0v) is 13.3. The molecule has 3 aromatic rings. The van der Waals surface area contributed by atoms with E-state index < -0.39 is 0 Å². The molecule has 1 N–H and O–H groups in total. The van der Waals surface area contributed by atoms with Gasteiger partial charge in [-0.15, -0.1) is 11.3 Å². The Bertz CT molecular complexity index is 808. The fraction of sp³-hybridized carbons (Fsp3) is 0.0714. The number of rotatable bonds is 4. The number of nitrogens with zero attached hydrogens (tertiary/aromatic N) is 3. The Hall–Kier alpha value is -1.99. The van der Waals surface area contributed by atoms with Crippen LogP contribution in [0.25, 0.3) is 11.0 Å². The molecule has 0 radical (unpaired) electrons. The summed E-state index contributed by atoms with van der Waals surface area (Å²) in [5.41, 5.74) is 4.32. The molecule has 1 aromatic carbocycles. The monoisotopic (exact) mass is 362 g/mol. The lowest BCUT2D eigenvalue weighted by Crippen LogP contribution is -2.22. The highest BCUT2D eigenvalue weighted by molar-refractivity contribution is 9.10. The topological polar surface area (TPSA) is 59.3 Å². The number of fused-ring (bicyclic) bond motifs is 1. The van der Waals surface area contributed by atoms with E-state index in [1.54, 1.807) is 28.4 Å². The second kappa shape index (κ2) is 6.19. The van der Waals surface area contributed by atoms with Crippen LogP contribution in [0.3, 0.4) is 0 Å². The Kier molecular flexibility index (Phi) is 4.12. The number of imidazole rings is 1. The quantitative estimate of drug-likeness (QED) is 0.572. The highest BCUT2D eigenvalue weighted by atomic mass is 79.9. The Labute approximate surface area is 133 Å². The predicted molar refractivity (Wildman–Crippen MR) is 87.5 cm³/mol. The molecule has 0 spiro atoms. The molecule has 0 aliphatic carbocycles. The van der Waals surface area contributed by atoms with E-state index in [4.69, 9.17) is 0 Å². The molecule has 21 heavy (non-hydrogen) atoms. The van der Waals surface area contributed by atoms with Crippen LogP contribution in [0.1, 0.15) is 4.88 Å². The molecular formula is C14H11BrN4OS. The van der Waals surface area contributed by atoms with Crippen LogP contribution in [0.5, 0.6) is 0 Å². The molecule has 2 heterocycles. The van der Waals surface area contributed by atoms with E-state index in [1.807, 2.05) is 35.7 Å². The number of carbonyl (C=O) groups is 1. The highest BCUT2D eigenvalue weighted by Gasteiger charge is 2.05. The zero-order chi connectivity index (χ0) is 14.7. The Balaban J connectivity index is 1.63. The smallest absolute Gasteiger partial charge is 0.260 e. The van der Waals surface area contributed by atoms with Crippen LogP contribution in [-0.4, -0.2) is 21.7 Å². The van der Waals surface area contributed by atoms with Gasteiger partial charge in [-0.05, 0) is 34.1 Å². The Morgan fingerprint density at radius 2 is 2.33 bits per heavy atom. The van der Waals surface area contributed by atoms with Gasteiger partial charge in [0.2, 0.25) is 0 Å². The van der Waals surface area contributed by atoms with E-state index in [2.05, 4.69) is 31.4 Å². The molecule has 7 heteroatoms. The van der Waals surface area contributed by atoms with Gasteiger partial charge in [0.05, 0.1) is 23.6 Å². The average molecular weight is 363 g/mol. The summed E-state index contributed by atoms with van der Waals surface area (Å²) in [6.07, 6.45) is 3.28. The van der Waals surface area contributed by atoms with Crippen molar-refractivity contribution >= 4 is 50.4 Å². The van der Waals surface area contributed by atoms with E-state index >= 15 is 0 Å². The second-order valence-corrected chi connectivity index (χ2v) is 6.18. The molecule has 5 nitrogen and oxygen atoms in total. The maximum Gasteiger partial charge on any atom is 0.260 e. The van der Waals surface area contributed by atoms with Crippen LogP contribution in [0.15, 0.2) is 51.6 Å². The molecule has 1 amide bonds. The zero-order valence-electron chi connectivity index (χ0n) is 10.9. The van der Waals surface area contributed by atoms with Gasteiger partial charge in [-0.25, -0.2) is 10.4 Å². The molecular weight excluding hydrogens is 352 g/mol. The van der Waals surface area contributed by atoms with E-state index in [9.17, 15) is 4.79 Å². The molecule has 0 saturated heterocycles. The Morgan fingerprint density at radius 1 is 1.48 bits per heavy atom. The Morgan fingerprint density at radius 3 is 3.14 bits per heavy atom. The van der Waals surface area contributed by atoms with E-state index in [-0.39, 0.29) is 12.5 Å². The first-order chi connectivity index (χ1) is 10.2. The molecule has 0 aliphatic rings. The van der Waals surface area contributed by atoms with E-state index in [1.165, 1.54) is 0 Å². The standard InChI is InChI=1S/C14H11BrN4OS/c15-10-5-11(21-8-10)6-17-18-14(20)7-19-9-16-12-3-1-2-4-13(12)19/h1-6,8-9H,7H2,(H,18,20)/b17-6-. The van der Waals surface area contributed by atoms with Gasteiger partial charge in [0.25, 0.3) is 5.91 Å². The lowest BCUT2D eigenvalue weighted by atomic mass is 10.3. The molecule has 3 rings (SSSR count). The number of nitrogens with one attached hydrogen (secondary N) is 1. The third kappa shape index (κ3) is 3.37. The van der Waals surface area contributed by atoms with Crippen molar-refractivity contribution in [2.45, 2.75) is 6.54 Å². The van der Waals surface area contributed by atoms with Crippen LogP contribution in [-0.2, 0) is 11.3 Å². The van der Waals surface area contributed by atoms with Crippen molar-refractivity contribution in [3.63, 3.8) is 0 Å². The van der Waals surface area contributed by atoms with E-state index in [0.29, 0.717) is 0 Å². The third-order valence-corrected chi connectivity index (χ3v) is 4.44. The van der Waals surface area contributed by atoms with Crippen LogP contribution < -0.4 is 5.43 Å². The number of para-hydroxylation sites is 2. The van der Waals surface area contributed by atoms with Gasteiger partial charge in [-0.1, -0.05) is 12.1 Å². The fourth-order valence-electron chi connectivity index (χ4n) is 1.89. The van der Waals surface area contributed by atoms with Gasteiger partial charge in [-0.3, -0.25) is 4.79 Å². The van der Waals surface area contributed by atoms with Gasteiger partial charge < -0.3 is 4.57 Å². The van der Waals surface area contributed by atoms with Gasteiger partial charge in [0, 0.05) is 14.7 Å². The number of halogens is 1. The largest absolute Gasteiger partial charge is 0.321 e. The summed E-state index contributed by atoms with van der Waals surface area (Å²) >= 11 is 4.91. The van der Waals surface area contributed by atoms with Gasteiger partial charge >= 0.3 is 0 Å². The molecule has 2 aromatic heterocycles. The molecule has 0 saturated carbocycles. The van der Waals surface area contributed by atoms with Crippen molar-refractivity contribution in [2.24, 2.45) is 5.10 Å². The maximum atomic E-state index is 11.9. The van der Waals surface area contributed by atoms with Gasteiger partial charge in [-0.2, -0.15) is 5.10 Å². The highest BCUT2D eigenvalue weighted by Crippen LogP contribution is 2.17. The predicted octanol–water partition coefficient (Wildman–Crippen LogP) is 3.01. The summed E-state index contributed by atoms with van der Waals surface area (Å²) in [4.78, 5) is 17.1. The molecule has 0 unspecified atom stereocenters. The van der Waals surface area contributed by atoms with Crippen molar-refractivity contribution in [1.29, 1.82) is 0 Å². The summed E-state index contributed by atoms with van der Waals surface area (Å²) in [7, 11) is 0. The molecule has 0 aliphatic heterocycles. The normalized spacial score (nSPS) is 11.3. The maximum absolute atomic E-state index is 11.9. The minimum absolute atomic E-state index is 0.186. The first-order valence-electron chi connectivity index (χ1n) is 6.18. The van der Waals surface area contributed by atoms with Crippen molar-refractivity contribution in [3.05, 3.63) is 51.4 Å². The number of hydrogen-bond donors (Lipinski definition) is 1. The van der Waals surface area contributed by atoms with Crippen molar-refractivity contribution < 1.29 is 4.79 Å².